The molecule has 1 unspecified atom stereocenters. The molecule has 1 aromatic rings. The van der Waals surface area contributed by atoms with Gasteiger partial charge in [-0.05, 0) is 37.1 Å². The van der Waals surface area contributed by atoms with E-state index in [1.54, 1.807) is 43.3 Å². The van der Waals surface area contributed by atoms with Gasteiger partial charge < -0.3 is 15.4 Å². The van der Waals surface area contributed by atoms with Crippen molar-refractivity contribution in [3.05, 3.63) is 24.3 Å². The first-order chi connectivity index (χ1) is 13.4. The summed E-state index contributed by atoms with van der Waals surface area (Å²) in [5.74, 6) is -0.00171. The molecular formula is C19H24N4O4S. The quantitative estimate of drug-likeness (QED) is 0.816. The molecule has 0 bridgehead atoms. The summed E-state index contributed by atoms with van der Waals surface area (Å²) in [6.07, 6.45) is 1.27. The largest absolute Gasteiger partial charge is 0.497 e. The van der Waals surface area contributed by atoms with Crippen LogP contribution < -0.4 is 10.5 Å². The summed E-state index contributed by atoms with van der Waals surface area (Å²) in [5, 5.41) is -0.0161. The number of amidine groups is 1. The van der Waals surface area contributed by atoms with Gasteiger partial charge in [-0.15, -0.1) is 0 Å². The second-order valence-corrected chi connectivity index (χ2v) is 8.03. The van der Waals surface area contributed by atoms with Gasteiger partial charge in [0.15, 0.2) is 5.17 Å². The van der Waals surface area contributed by atoms with Gasteiger partial charge >= 0.3 is 0 Å². The van der Waals surface area contributed by atoms with E-state index in [2.05, 4.69) is 4.99 Å². The van der Waals surface area contributed by atoms with Crippen molar-refractivity contribution in [2.24, 2.45) is 16.6 Å². The van der Waals surface area contributed by atoms with Gasteiger partial charge in [-0.3, -0.25) is 19.3 Å². The predicted octanol–water partition coefficient (Wildman–Crippen LogP) is 1.37. The fourth-order valence-corrected chi connectivity index (χ4v) is 4.39. The highest BCUT2D eigenvalue weighted by molar-refractivity contribution is 8.15. The number of amides is 3. The molecule has 3 amide bonds. The van der Waals surface area contributed by atoms with Gasteiger partial charge in [-0.25, -0.2) is 4.99 Å². The van der Waals surface area contributed by atoms with Crippen molar-refractivity contribution in [2.45, 2.75) is 24.5 Å². The molecule has 0 saturated carbocycles. The Morgan fingerprint density at radius 2 is 1.86 bits per heavy atom. The van der Waals surface area contributed by atoms with E-state index >= 15 is 0 Å². The molecule has 2 fully saturated rings. The van der Waals surface area contributed by atoms with Crippen LogP contribution in [0.15, 0.2) is 29.3 Å². The summed E-state index contributed by atoms with van der Waals surface area (Å²) in [4.78, 5) is 44.4. The molecule has 2 heterocycles. The molecule has 0 spiro atoms. The van der Waals surface area contributed by atoms with Crippen molar-refractivity contribution in [2.75, 3.05) is 27.2 Å². The van der Waals surface area contributed by atoms with Gasteiger partial charge in [0.25, 0.3) is 0 Å². The first-order valence-electron chi connectivity index (χ1n) is 9.13. The maximum atomic E-state index is 12.9. The van der Waals surface area contributed by atoms with Gasteiger partial charge in [0.1, 0.15) is 11.0 Å². The topological polar surface area (TPSA) is 105 Å². The molecule has 3 rings (SSSR count). The molecule has 0 aliphatic carbocycles. The summed E-state index contributed by atoms with van der Waals surface area (Å²) in [6.45, 7) is 0.969. The number of piperidine rings is 1. The third-order valence-corrected chi connectivity index (χ3v) is 6.28. The predicted molar refractivity (Wildman–Crippen MR) is 107 cm³/mol. The molecule has 2 saturated heterocycles. The molecule has 2 aliphatic heterocycles. The molecule has 2 aliphatic rings. The third kappa shape index (κ3) is 4.46. The first-order valence-corrected chi connectivity index (χ1v) is 10.0. The number of rotatable bonds is 4. The maximum Gasteiger partial charge on any atom is 0.236 e. The van der Waals surface area contributed by atoms with Crippen LogP contribution in [0.5, 0.6) is 5.75 Å². The molecule has 28 heavy (non-hydrogen) atoms. The molecule has 0 aromatic heterocycles. The maximum absolute atomic E-state index is 12.9. The first kappa shape index (κ1) is 20.2. The standard InChI is InChI=1S/C19H24N4O4S/c1-22-16(24)11-15(18(26)23-9-7-12(8-10-23)17(20)25)28-19(22)21-13-3-5-14(27-2)6-4-13/h3-6,12,15H,7-11H2,1-2H3,(H2,20,25). The zero-order valence-corrected chi connectivity index (χ0v) is 16.8. The molecule has 1 atom stereocenters. The van der Waals surface area contributed by atoms with Crippen LogP contribution in [0.1, 0.15) is 19.3 Å². The van der Waals surface area contributed by atoms with E-state index in [0.29, 0.717) is 36.8 Å². The minimum Gasteiger partial charge on any atom is -0.497 e. The number of carbonyl (C=O) groups is 3. The molecule has 150 valence electrons. The highest BCUT2D eigenvalue weighted by Gasteiger charge is 2.37. The van der Waals surface area contributed by atoms with Gasteiger partial charge in [0.2, 0.25) is 17.7 Å². The average molecular weight is 404 g/mol. The van der Waals surface area contributed by atoms with Crippen LogP contribution >= 0.6 is 11.8 Å². The number of ether oxygens (including phenoxy) is 1. The fraction of sp³-hybridized carbons (Fsp3) is 0.474. The summed E-state index contributed by atoms with van der Waals surface area (Å²) >= 11 is 1.30. The number of methoxy groups -OCH3 is 1. The normalized spacial score (nSPS) is 22.4. The van der Waals surface area contributed by atoms with Gasteiger partial charge in [0.05, 0.1) is 12.8 Å². The third-order valence-electron chi connectivity index (χ3n) is 5.05. The Morgan fingerprint density at radius 1 is 1.21 bits per heavy atom. The van der Waals surface area contributed by atoms with Gasteiger partial charge in [0, 0.05) is 32.5 Å². The number of carbonyl (C=O) groups excluding carboxylic acids is 3. The molecule has 9 heteroatoms. The van der Waals surface area contributed by atoms with E-state index in [0.717, 1.165) is 5.75 Å². The summed E-state index contributed by atoms with van der Waals surface area (Å²) < 4.78 is 5.14. The lowest BCUT2D eigenvalue weighted by Gasteiger charge is -2.35. The molecule has 0 radical (unpaired) electrons. The van der Waals surface area contributed by atoms with Crippen molar-refractivity contribution >= 4 is 40.3 Å². The van der Waals surface area contributed by atoms with Crippen LogP contribution in [0, 0.1) is 5.92 Å². The molecule has 8 nitrogen and oxygen atoms in total. The number of aliphatic imine (C=N–C) groups is 1. The lowest BCUT2D eigenvalue weighted by Crippen LogP contribution is -2.49. The van der Waals surface area contributed by atoms with Crippen LogP contribution in [-0.2, 0) is 14.4 Å². The summed E-state index contributed by atoms with van der Waals surface area (Å²) in [6, 6.07) is 7.18. The fourth-order valence-electron chi connectivity index (χ4n) is 3.24. The highest BCUT2D eigenvalue weighted by atomic mass is 32.2. The minimum atomic E-state index is -0.508. The van der Waals surface area contributed by atoms with E-state index in [-0.39, 0.29) is 30.1 Å². The summed E-state index contributed by atoms with van der Waals surface area (Å²) in [5.41, 5.74) is 6.03. The Morgan fingerprint density at radius 3 is 2.43 bits per heavy atom. The average Bonchev–Trinajstić information content (AvgIpc) is 2.71. The number of benzene rings is 1. The monoisotopic (exact) mass is 404 g/mol. The number of primary amides is 1. The van der Waals surface area contributed by atoms with Crippen molar-refractivity contribution in [1.29, 1.82) is 0 Å². The van der Waals surface area contributed by atoms with Gasteiger partial charge in [-0.2, -0.15) is 0 Å². The van der Waals surface area contributed by atoms with Crippen molar-refractivity contribution in [3.63, 3.8) is 0 Å². The Hall–Kier alpha value is -2.55. The van der Waals surface area contributed by atoms with E-state index < -0.39 is 5.25 Å². The number of thioether (sulfide) groups is 1. The van der Waals surface area contributed by atoms with Crippen molar-refractivity contribution < 1.29 is 19.1 Å². The van der Waals surface area contributed by atoms with E-state index in [1.807, 2.05) is 0 Å². The lowest BCUT2D eigenvalue weighted by molar-refractivity contribution is -0.136. The zero-order valence-electron chi connectivity index (χ0n) is 16.0. The SMILES string of the molecule is COc1ccc(N=C2SC(C(=O)N3CCC(C(N)=O)CC3)CC(=O)N2C)cc1. The van der Waals surface area contributed by atoms with Crippen LogP contribution in [0.25, 0.3) is 0 Å². The highest BCUT2D eigenvalue weighted by Crippen LogP contribution is 2.31. The number of nitrogens with two attached hydrogens (primary N) is 1. The van der Waals surface area contributed by atoms with Crippen molar-refractivity contribution in [1.82, 2.24) is 9.80 Å². The van der Waals surface area contributed by atoms with Crippen molar-refractivity contribution in [3.8, 4) is 5.75 Å². The molecular weight excluding hydrogens is 380 g/mol. The number of likely N-dealkylation sites (tertiary alicyclic amines) is 1. The number of hydrogen-bond donors (Lipinski definition) is 1. The van der Waals surface area contributed by atoms with E-state index in [1.165, 1.54) is 16.7 Å². The van der Waals surface area contributed by atoms with E-state index in [4.69, 9.17) is 10.5 Å². The van der Waals surface area contributed by atoms with Crippen LogP contribution in [0.4, 0.5) is 5.69 Å². The lowest BCUT2D eigenvalue weighted by atomic mass is 9.96. The van der Waals surface area contributed by atoms with Crippen LogP contribution in [0.3, 0.4) is 0 Å². The number of nitrogens with zero attached hydrogens (tertiary/aromatic N) is 3. The van der Waals surface area contributed by atoms with E-state index in [9.17, 15) is 14.4 Å². The zero-order chi connectivity index (χ0) is 20.3. The van der Waals surface area contributed by atoms with Crippen LogP contribution in [0.2, 0.25) is 0 Å². The minimum absolute atomic E-state index is 0.0863. The molecule has 1 aromatic carbocycles. The number of hydrogen-bond acceptors (Lipinski definition) is 6. The summed E-state index contributed by atoms with van der Waals surface area (Å²) in [7, 11) is 3.25. The Balaban J connectivity index is 1.71. The Labute approximate surface area is 168 Å². The second kappa shape index (κ2) is 8.64. The van der Waals surface area contributed by atoms with Gasteiger partial charge in [-0.1, -0.05) is 11.8 Å². The van der Waals surface area contributed by atoms with Crippen LogP contribution in [-0.4, -0.2) is 65.2 Å². The second-order valence-electron chi connectivity index (χ2n) is 6.86. The Bertz CT molecular complexity index is 788. The Kier molecular flexibility index (Phi) is 6.23. The smallest absolute Gasteiger partial charge is 0.236 e. The molecule has 2 N–H and O–H groups in total.